The molecule has 0 aliphatic carbocycles. The molecule has 0 amide bonds. The van der Waals surface area contributed by atoms with Crippen LogP contribution in [0.1, 0.15) is 26.2 Å². The second kappa shape index (κ2) is 4.72. The Balaban J connectivity index is 1.93. The average molecular weight is 226 g/mol. The molecule has 92 valence electrons. The van der Waals surface area contributed by atoms with Crippen LogP contribution in [0.2, 0.25) is 0 Å². The molecule has 0 spiro atoms. The van der Waals surface area contributed by atoms with Crippen LogP contribution in [0.5, 0.6) is 0 Å². The van der Waals surface area contributed by atoms with Gasteiger partial charge in [0, 0.05) is 12.1 Å². The summed E-state index contributed by atoms with van der Waals surface area (Å²) in [6.45, 7) is 5.33. The first kappa shape index (κ1) is 11.9. The molecule has 2 unspecified atom stereocenters. The molecule has 0 saturated carbocycles. The monoisotopic (exact) mass is 226 g/mol. The average Bonchev–Trinajstić information content (AvgIpc) is 2.61. The van der Waals surface area contributed by atoms with Gasteiger partial charge in [0.2, 0.25) is 0 Å². The van der Waals surface area contributed by atoms with Gasteiger partial charge in [0.05, 0.1) is 5.92 Å². The van der Waals surface area contributed by atoms with Crippen LogP contribution in [0.4, 0.5) is 0 Å². The van der Waals surface area contributed by atoms with Crippen LogP contribution >= 0.6 is 0 Å². The van der Waals surface area contributed by atoms with Crippen LogP contribution < -0.4 is 0 Å². The molecular weight excluding hydrogens is 204 g/mol. The SMILES string of the molecule is CC1C(C(=O)O)CCN1C1CCN(C)CC1. The minimum absolute atomic E-state index is 0.153. The summed E-state index contributed by atoms with van der Waals surface area (Å²) in [5.41, 5.74) is 0. The third-order valence-corrected chi connectivity index (χ3v) is 4.28. The van der Waals surface area contributed by atoms with Gasteiger partial charge in [-0.3, -0.25) is 9.69 Å². The van der Waals surface area contributed by atoms with Gasteiger partial charge in [-0.2, -0.15) is 0 Å². The van der Waals surface area contributed by atoms with Crippen LogP contribution in [0, 0.1) is 5.92 Å². The molecule has 1 N–H and O–H groups in total. The number of likely N-dealkylation sites (tertiary alicyclic amines) is 2. The molecule has 2 atom stereocenters. The molecule has 0 bridgehead atoms. The van der Waals surface area contributed by atoms with E-state index in [1.165, 1.54) is 12.8 Å². The van der Waals surface area contributed by atoms with E-state index in [0.29, 0.717) is 6.04 Å². The second-order valence-electron chi connectivity index (χ2n) is 5.25. The number of hydrogen-bond donors (Lipinski definition) is 1. The smallest absolute Gasteiger partial charge is 0.308 e. The third-order valence-electron chi connectivity index (χ3n) is 4.28. The van der Waals surface area contributed by atoms with Crippen molar-refractivity contribution in [1.82, 2.24) is 9.80 Å². The molecule has 2 saturated heterocycles. The van der Waals surface area contributed by atoms with Gasteiger partial charge in [0.25, 0.3) is 0 Å². The van der Waals surface area contributed by atoms with E-state index in [2.05, 4.69) is 23.8 Å². The minimum atomic E-state index is -0.622. The van der Waals surface area contributed by atoms with Crippen LogP contribution in [0.25, 0.3) is 0 Å². The summed E-state index contributed by atoms with van der Waals surface area (Å²) >= 11 is 0. The van der Waals surface area contributed by atoms with Crippen LogP contribution in [0.3, 0.4) is 0 Å². The minimum Gasteiger partial charge on any atom is -0.481 e. The molecule has 4 heteroatoms. The van der Waals surface area contributed by atoms with E-state index in [9.17, 15) is 4.79 Å². The molecule has 2 aliphatic heterocycles. The number of carboxylic acid groups (broad SMARTS) is 1. The second-order valence-corrected chi connectivity index (χ2v) is 5.25. The van der Waals surface area contributed by atoms with Gasteiger partial charge >= 0.3 is 5.97 Å². The van der Waals surface area contributed by atoms with E-state index < -0.39 is 5.97 Å². The van der Waals surface area contributed by atoms with E-state index in [4.69, 9.17) is 5.11 Å². The van der Waals surface area contributed by atoms with E-state index in [1.54, 1.807) is 0 Å². The van der Waals surface area contributed by atoms with Gasteiger partial charge in [-0.25, -0.2) is 0 Å². The summed E-state index contributed by atoms with van der Waals surface area (Å²) in [5, 5.41) is 9.11. The van der Waals surface area contributed by atoms with Crippen LogP contribution in [-0.4, -0.2) is 59.6 Å². The number of hydrogen-bond acceptors (Lipinski definition) is 3. The van der Waals surface area contributed by atoms with E-state index in [1.807, 2.05) is 0 Å². The predicted octanol–water partition coefficient (Wildman–Crippen LogP) is 0.876. The van der Waals surface area contributed by atoms with Crippen molar-refractivity contribution in [2.45, 2.75) is 38.3 Å². The van der Waals surface area contributed by atoms with E-state index >= 15 is 0 Å². The number of rotatable bonds is 2. The highest BCUT2D eigenvalue weighted by Crippen LogP contribution is 2.29. The topological polar surface area (TPSA) is 43.8 Å². The van der Waals surface area contributed by atoms with Crippen molar-refractivity contribution in [3.05, 3.63) is 0 Å². The highest BCUT2D eigenvalue weighted by molar-refractivity contribution is 5.71. The van der Waals surface area contributed by atoms with Crippen molar-refractivity contribution in [3.63, 3.8) is 0 Å². The maximum Gasteiger partial charge on any atom is 0.308 e. The Morgan fingerprint density at radius 3 is 2.31 bits per heavy atom. The lowest BCUT2D eigenvalue weighted by molar-refractivity contribution is -0.142. The molecule has 2 fully saturated rings. The predicted molar refractivity (Wildman–Crippen MR) is 62.4 cm³/mol. The standard InChI is InChI=1S/C12H22N2O2/c1-9-11(12(15)16)5-8-14(9)10-3-6-13(2)7-4-10/h9-11H,3-8H2,1-2H3,(H,15,16). The molecule has 0 aromatic heterocycles. The van der Waals surface area contributed by atoms with Gasteiger partial charge in [0.15, 0.2) is 0 Å². The number of piperidine rings is 1. The van der Waals surface area contributed by atoms with E-state index in [0.717, 1.165) is 26.1 Å². The molecule has 0 aromatic carbocycles. The molecule has 16 heavy (non-hydrogen) atoms. The van der Waals surface area contributed by atoms with Gasteiger partial charge in [-0.15, -0.1) is 0 Å². The lowest BCUT2D eigenvalue weighted by Crippen LogP contribution is -2.46. The highest BCUT2D eigenvalue weighted by atomic mass is 16.4. The molecule has 0 aromatic rings. The Kier molecular flexibility index (Phi) is 3.50. The summed E-state index contributed by atoms with van der Waals surface area (Å²) in [6, 6.07) is 0.821. The third kappa shape index (κ3) is 2.23. The van der Waals surface area contributed by atoms with E-state index in [-0.39, 0.29) is 12.0 Å². The fourth-order valence-corrected chi connectivity index (χ4v) is 3.14. The summed E-state index contributed by atoms with van der Waals surface area (Å²) in [4.78, 5) is 15.8. The fraction of sp³-hybridized carbons (Fsp3) is 0.917. The van der Waals surface area contributed by atoms with Crippen molar-refractivity contribution in [1.29, 1.82) is 0 Å². The lowest BCUT2D eigenvalue weighted by atomic mass is 9.99. The van der Waals surface area contributed by atoms with Crippen molar-refractivity contribution >= 4 is 5.97 Å². The summed E-state index contributed by atoms with van der Waals surface area (Å²) in [6.07, 6.45) is 3.20. The normalized spacial score (nSPS) is 34.4. The van der Waals surface area contributed by atoms with Crippen molar-refractivity contribution in [2.24, 2.45) is 5.92 Å². The quantitative estimate of drug-likeness (QED) is 0.759. The molecule has 2 heterocycles. The molecule has 2 aliphatic rings. The van der Waals surface area contributed by atoms with Crippen molar-refractivity contribution < 1.29 is 9.90 Å². The Labute approximate surface area is 97.2 Å². The number of aliphatic carboxylic acids is 1. The van der Waals surface area contributed by atoms with Crippen molar-refractivity contribution in [2.75, 3.05) is 26.7 Å². The van der Waals surface area contributed by atoms with Crippen LogP contribution in [0.15, 0.2) is 0 Å². The lowest BCUT2D eigenvalue weighted by Gasteiger charge is -2.37. The highest BCUT2D eigenvalue weighted by Gasteiger charge is 2.39. The zero-order valence-corrected chi connectivity index (χ0v) is 10.2. The Bertz CT molecular complexity index is 262. The Hall–Kier alpha value is -0.610. The van der Waals surface area contributed by atoms with Crippen molar-refractivity contribution in [3.8, 4) is 0 Å². The van der Waals surface area contributed by atoms with Gasteiger partial charge in [-0.05, 0) is 52.9 Å². The summed E-state index contributed by atoms with van der Waals surface area (Å²) in [7, 11) is 2.16. The zero-order valence-electron chi connectivity index (χ0n) is 10.2. The summed E-state index contributed by atoms with van der Waals surface area (Å²) < 4.78 is 0. The van der Waals surface area contributed by atoms with Gasteiger partial charge in [-0.1, -0.05) is 0 Å². The molecule has 2 rings (SSSR count). The maximum atomic E-state index is 11.1. The fourth-order valence-electron chi connectivity index (χ4n) is 3.14. The first-order chi connectivity index (χ1) is 7.59. The van der Waals surface area contributed by atoms with Crippen LogP contribution in [-0.2, 0) is 4.79 Å². The number of nitrogens with zero attached hydrogens (tertiary/aromatic N) is 2. The number of carboxylic acids is 1. The number of carbonyl (C=O) groups is 1. The van der Waals surface area contributed by atoms with Gasteiger partial charge < -0.3 is 10.0 Å². The molecular formula is C12H22N2O2. The summed E-state index contributed by atoms with van der Waals surface area (Å²) in [5.74, 6) is -0.775. The Morgan fingerprint density at radius 1 is 1.19 bits per heavy atom. The first-order valence-electron chi connectivity index (χ1n) is 6.26. The van der Waals surface area contributed by atoms with Gasteiger partial charge in [0.1, 0.15) is 0 Å². The molecule has 0 radical (unpaired) electrons. The Morgan fingerprint density at radius 2 is 1.81 bits per heavy atom. The first-order valence-corrected chi connectivity index (χ1v) is 6.26. The molecule has 4 nitrogen and oxygen atoms in total. The zero-order chi connectivity index (χ0) is 11.7. The largest absolute Gasteiger partial charge is 0.481 e. The maximum absolute atomic E-state index is 11.1.